The monoisotopic (exact) mass is 222 g/mol. The van der Waals surface area contributed by atoms with E-state index in [2.05, 4.69) is 11.9 Å². The molecule has 0 unspecified atom stereocenters. The van der Waals surface area contributed by atoms with Crippen LogP contribution in [0.4, 0.5) is 0 Å². The Morgan fingerprint density at radius 2 is 2.00 bits per heavy atom. The highest BCUT2D eigenvalue weighted by Gasteiger charge is 2.02. The fourth-order valence-electron chi connectivity index (χ4n) is 1.15. The molecule has 0 fully saturated rings. The lowest BCUT2D eigenvalue weighted by molar-refractivity contribution is 1.15. The molecule has 0 aliphatic rings. The highest BCUT2D eigenvalue weighted by Crippen LogP contribution is 2.24. The molecule has 0 bridgehead atoms. The van der Waals surface area contributed by atoms with Gasteiger partial charge in [0.25, 0.3) is 0 Å². The first-order valence-electron chi connectivity index (χ1n) is 4.29. The van der Waals surface area contributed by atoms with Crippen molar-refractivity contribution in [1.29, 1.82) is 0 Å². The molecule has 0 spiro atoms. The number of benzene rings is 1. The van der Waals surface area contributed by atoms with E-state index in [0.29, 0.717) is 0 Å². The van der Waals surface area contributed by atoms with E-state index in [-0.39, 0.29) is 0 Å². The van der Waals surface area contributed by atoms with Gasteiger partial charge in [-0.25, -0.2) is 4.98 Å². The number of hydrogen-bond acceptors (Lipinski definition) is 2. The molecule has 1 heterocycles. The maximum absolute atomic E-state index is 5.80. The Hall–Kier alpha value is -0.860. The molecular formula is C11H9ClNS. The van der Waals surface area contributed by atoms with Gasteiger partial charge in [0, 0.05) is 16.0 Å². The fourth-order valence-corrected chi connectivity index (χ4v) is 2.13. The standard InChI is InChI=1S/C11H9ClNS/c1-2-10-7-14-11(13-10)8-3-5-9(12)6-4-8/h3-7H,1-2H2. The summed E-state index contributed by atoms with van der Waals surface area (Å²) in [5, 5.41) is 3.82. The van der Waals surface area contributed by atoms with E-state index in [4.69, 9.17) is 11.6 Å². The Balaban J connectivity index is 2.34. The molecule has 0 saturated carbocycles. The molecule has 0 atom stereocenters. The van der Waals surface area contributed by atoms with Gasteiger partial charge in [-0.2, -0.15) is 0 Å². The molecule has 0 aliphatic heterocycles. The lowest BCUT2D eigenvalue weighted by Gasteiger charge is -1.95. The molecule has 0 aliphatic carbocycles. The number of rotatable bonds is 2. The molecule has 1 nitrogen and oxygen atoms in total. The number of hydrogen-bond donors (Lipinski definition) is 0. The molecule has 3 heteroatoms. The molecule has 2 rings (SSSR count). The summed E-state index contributed by atoms with van der Waals surface area (Å²) in [6.45, 7) is 3.80. The minimum absolute atomic E-state index is 0.740. The third-order valence-electron chi connectivity index (χ3n) is 1.90. The maximum Gasteiger partial charge on any atom is 0.123 e. The third-order valence-corrected chi connectivity index (χ3v) is 3.09. The molecule has 0 amide bonds. The van der Waals surface area contributed by atoms with E-state index in [1.54, 1.807) is 11.3 Å². The Morgan fingerprint density at radius 1 is 1.29 bits per heavy atom. The zero-order valence-corrected chi connectivity index (χ0v) is 9.11. The van der Waals surface area contributed by atoms with Crippen molar-refractivity contribution in [3.8, 4) is 10.6 Å². The van der Waals surface area contributed by atoms with Gasteiger partial charge in [-0.15, -0.1) is 11.3 Å². The smallest absolute Gasteiger partial charge is 0.123 e. The second-order valence-electron chi connectivity index (χ2n) is 2.90. The highest BCUT2D eigenvalue weighted by atomic mass is 35.5. The van der Waals surface area contributed by atoms with Crippen LogP contribution in [0, 0.1) is 6.92 Å². The van der Waals surface area contributed by atoms with Crippen LogP contribution in [0.1, 0.15) is 5.69 Å². The summed E-state index contributed by atoms with van der Waals surface area (Å²) < 4.78 is 0. The van der Waals surface area contributed by atoms with Crippen molar-refractivity contribution in [1.82, 2.24) is 4.98 Å². The number of nitrogens with zero attached hydrogens (tertiary/aromatic N) is 1. The van der Waals surface area contributed by atoms with Crippen LogP contribution >= 0.6 is 22.9 Å². The van der Waals surface area contributed by atoms with Crippen LogP contribution in [0.2, 0.25) is 5.02 Å². The van der Waals surface area contributed by atoms with Crippen molar-refractivity contribution < 1.29 is 0 Å². The summed E-state index contributed by atoms with van der Waals surface area (Å²) in [4.78, 5) is 4.44. The SMILES string of the molecule is [CH2]Cc1csc(-c2ccc(Cl)cc2)n1. The van der Waals surface area contributed by atoms with Gasteiger partial charge in [-0.05, 0) is 25.5 Å². The van der Waals surface area contributed by atoms with Gasteiger partial charge in [0.1, 0.15) is 5.01 Å². The van der Waals surface area contributed by atoms with Crippen LogP contribution in [-0.2, 0) is 6.42 Å². The average molecular weight is 223 g/mol. The van der Waals surface area contributed by atoms with Gasteiger partial charge in [0.05, 0.1) is 5.69 Å². The average Bonchev–Trinajstić information content (AvgIpc) is 2.67. The van der Waals surface area contributed by atoms with Crippen LogP contribution in [0.3, 0.4) is 0 Å². The zero-order chi connectivity index (χ0) is 9.97. The van der Waals surface area contributed by atoms with E-state index in [1.807, 2.05) is 29.6 Å². The van der Waals surface area contributed by atoms with E-state index < -0.39 is 0 Å². The fraction of sp³-hybridized carbons (Fsp3) is 0.0909. The van der Waals surface area contributed by atoms with Crippen LogP contribution in [-0.4, -0.2) is 4.98 Å². The Morgan fingerprint density at radius 3 is 2.57 bits per heavy atom. The molecule has 1 radical (unpaired) electrons. The molecule has 14 heavy (non-hydrogen) atoms. The largest absolute Gasteiger partial charge is 0.241 e. The molecular weight excluding hydrogens is 214 g/mol. The third kappa shape index (κ3) is 1.97. The summed E-state index contributed by atoms with van der Waals surface area (Å²) in [7, 11) is 0. The van der Waals surface area contributed by atoms with Gasteiger partial charge >= 0.3 is 0 Å². The van der Waals surface area contributed by atoms with Crippen LogP contribution in [0.15, 0.2) is 29.6 Å². The van der Waals surface area contributed by atoms with Crippen LogP contribution in [0.5, 0.6) is 0 Å². The van der Waals surface area contributed by atoms with E-state index in [9.17, 15) is 0 Å². The lowest BCUT2D eigenvalue weighted by Crippen LogP contribution is -1.80. The molecule has 0 saturated heterocycles. The van der Waals surface area contributed by atoms with E-state index in [0.717, 1.165) is 27.7 Å². The lowest BCUT2D eigenvalue weighted by atomic mass is 10.2. The summed E-state index contributed by atoms with van der Waals surface area (Å²) >= 11 is 7.44. The predicted octanol–water partition coefficient (Wildman–Crippen LogP) is 3.84. The van der Waals surface area contributed by atoms with Crippen molar-refractivity contribution >= 4 is 22.9 Å². The second kappa shape index (κ2) is 4.11. The first-order chi connectivity index (χ1) is 6.79. The van der Waals surface area contributed by atoms with Gasteiger partial charge in [0.2, 0.25) is 0 Å². The summed E-state index contributed by atoms with van der Waals surface area (Å²) in [6, 6.07) is 7.71. The first-order valence-corrected chi connectivity index (χ1v) is 5.55. The van der Waals surface area contributed by atoms with Crippen molar-refractivity contribution in [2.45, 2.75) is 6.42 Å². The quantitative estimate of drug-likeness (QED) is 0.753. The van der Waals surface area contributed by atoms with Crippen molar-refractivity contribution in [3.05, 3.63) is 47.3 Å². The topological polar surface area (TPSA) is 12.9 Å². The van der Waals surface area contributed by atoms with Crippen molar-refractivity contribution in [2.24, 2.45) is 0 Å². The molecule has 71 valence electrons. The molecule has 1 aromatic heterocycles. The molecule has 0 N–H and O–H groups in total. The molecule has 1 aromatic carbocycles. The maximum atomic E-state index is 5.80. The first kappa shape index (κ1) is 9.69. The van der Waals surface area contributed by atoms with E-state index in [1.165, 1.54) is 0 Å². The summed E-state index contributed by atoms with van der Waals surface area (Å²) in [6.07, 6.45) is 0.740. The Kier molecular flexibility index (Phi) is 2.85. The van der Waals surface area contributed by atoms with E-state index >= 15 is 0 Å². The number of aromatic nitrogens is 1. The summed E-state index contributed by atoms with van der Waals surface area (Å²) in [5.41, 5.74) is 2.15. The number of halogens is 1. The Labute approximate surface area is 92.4 Å². The zero-order valence-electron chi connectivity index (χ0n) is 7.53. The van der Waals surface area contributed by atoms with Crippen molar-refractivity contribution in [2.75, 3.05) is 0 Å². The Bertz CT molecular complexity index is 419. The minimum atomic E-state index is 0.740. The van der Waals surface area contributed by atoms with Crippen LogP contribution < -0.4 is 0 Å². The van der Waals surface area contributed by atoms with Gasteiger partial charge in [0.15, 0.2) is 0 Å². The van der Waals surface area contributed by atoms with Gasteiger partial charge in [-0.3, -0.25) is 0 Å². The number of thiazole rings is 1. The molecule has 2 aromatic rings. The minimum Gasteiger partial charge on any atom is -0.241 e. The second-order valence-corrected chi connectivity index (χ2v) is 4.20. The van der Waals surface area contributed by atoms with Crippen molar-refractivity contribution in [3.63, 3.8) is 0 Å². The van der Waals surface area contributed by atoms with Gasteiger partial charge in [-0.1, -0.05) is 23.7 Å². The summed E-state index contributed by atoms with van der Waals surface area (Å²) in [5.74, 6) is 0. The normalized spacial score (nSPS) is 10.4. The highest BCUT2D eigenvalue weighted by molar-refractivity contribution is 7.13. The predicted molar refractivity (Wildman–Crippen MR) is 61.6 cm³/mol. The van der Waals surface area contributed by atoms with Gasteiger partial charge < -0.3 is 0 Å². The van der Waals surface area contributed by atoms with Crippen LogP contribution in [0.25, 0.3) is 10.6 Å².